The van der Waals surface area contributed by atoms with E-state index in [0.717, 1.165) is 30.5 Å². The number of aromatic nitrogens is 1. The molecule has 1 N–H and O–H groups in total. The second kappa shape index (κ2) is 4.06. The maximum absolute atomic E-state index is 9.76. The number of aryl methyl sites for hydroxylation is 1. The van der Waals surface area contributed by atoms with Crippen LogP contribution in [0.4, 0.5) is 0 Å². The Labute approximate surface area is 108 Å². The van der Waals surface area contributed by atoms with Crippen molar-refractivity contribution >= 4 is 10.9 Å². The number of hydrogen-bond donors (Lipinski definition) is 1. The highest BCUT2D eigenvalue weighted by Gasteiger charge is 2.35. The molecule has 3 rings (SSSR count). The number of benzene rings is 1. The molecule has 2 heteroatoms. The van der Waals surface area contributed by atoms with Crippen LogP contribution in [0.2, 0.25) is 0 Å². The Balaban J connectivity index is 2.06. The molecule has 2 aromatic rings. The number of hydrogen-bond acceptors (Lipinski definition) is 2. The average molecular weight is 241 g/mol. The van der Waals surface area contributed by atoms with Gasteiger partial charge in [0.25, 0.3) is 0 Å². The summed E-state index contributed by atoms with van der Waals surface area (Å²) in [5, 5.41) is 11.0. The maximum atomic E-state index is 9.76. The minimum absolute atomic E-state index is 0.124. The molecule has 0 bridgehead atoms. The molecule has 0 aliphatic heterocycles. The third-order valence-electron chi connectivity index (χ3n) is 4.24. The van der Waals surface area contributed by atoms with E-state index in [1.807, 2.05) is 6.92 Å². The second-order valence-electron chi connectivity index (χ2n) is 5.82. The number of fused-ring (bicyclic) bond motifs is 1. The van der Waals surface area contributed by atoms with Crippen LogP contribution in [-0.2, 0) is 5.41 Å². The zero-order valence-corrected chi connectivity index (χ0v) is 11.0. The molecule has 18 heavy (non-hydrogen) atoms. The molecular formula is C16H19NO. The van der Waals surface area contributed by atoms with Gasteiger partial charge < -0.3 is 5.11 Å². The fourth-order valence-corrected chi connectivity index (χ4v) is 3.07. The highest BCUT2D eigenvalue weighted by molar-refractivity contribution is 5.79. The number of aliphatic hydroxyl groups is 1. The third kappa shape index (κ3) is 1.91. The minimum atomic E-state index is -0.137. The SMILES string of the molecule is Cc1ccc2cc(C3(C)CCC(O)C3)ccc2n1. The Morgan fingerprint density at radius 2 is 2.11 bits per heavy atom. The summed E-state index contributed by atoms with van der Waals surface area (Å²) in [4.78, 5) is 4.53. The van der Waals surface area contributed by atoms with Crippen molar-refractivity contribution in [3.63, 3.8) is 0 Å². The monoisotopic (exact) mass is 241 g/mol. The van der Waals surface area contributed by atoms with Crippen LogP contribution in [0.3, 0.4) is 0 Å². The van der Waals surface area contributed by atoms with Gasteiger partial charge in [-0.2, -0.15) is 0 Å². The predicted molar refractivity (Wildman–Crippen MR) is 73.7 cm³/mol. The van der Waals surface area contributed by atoms with Crippen LogP contribution in [0, 0.1) is 6.92 Å². The molecule has 1 aliphatic carbocycles. The first kappa shape index (κ1) is 11.7. The van der Waals surface area contributed by atoms with Crippen molar-refractivity contribution in [1.29, 1.82) is 0 Å². The Hall–Kier alpha value is -1.41. The van der Waals surface area contributed by atoms with Gasteiger partial charge in [0.2, 0.25) is 0 Å². The van der Waals surface area contributed by atoms with Crippen LogP contribution in [0.25, 0.3) is 10.9 Å². The molecule has 1 fully saturated rings. The van der Waals surface area contributed by atoms with Crippen LogP contribution in [-0.4, -0.2) is 16.2 Å². The summed E-state index contributed by atoms with van der Waals surface area (Å²) in [5.41, 5.74) is 3.56. The van der Waals surface area contributed by atoms with E-state index in [1.165, 1.54) is 10.9 Å². The molecule has 1 heterocycles. The van der Waals surface area contributed by atoms with Gasteiger partial charge in [0.1, 0.15) is 0 Å². The quantitative estimate of drug-likeness (QED) is 0.830. The predicted octanol–water partition coefficient (Wildman–Crippen LogP) is 3.35. The van der Waals surface area contributed by atoms with Crippen LogP contribution < -0.4 is 0 Å². The first-order valence-corrected chi connectivity index (χ1v) is 6.63. The Bertz CT molecular complexity index is 593. The zero-order chi connectivity index (χ0) is 12.8. The summed E-state index contributed by atoms with van der Waals surface area (Å²) >= 11 is 0. The molecule has 0 saturated heterocycles. The Morgan fingerprint density at radius 1 is 1.28 bits per heavy atom. The van der Waals surface area contributed by atoms with Crippen LogP contribution in [0.1, 0.15) is 37.4 Å². The molecular weight excluding hydrogens is 222 g/mol. The van der Waals surface area contributed by atoms with Crippen molar-refractivity contribution in [2.24, 2.45) is 0 Å². The number of rotatable bonds is 1. The maximum Gasteiger partial charge on any atom is 0.0705 e. The molecule has 1 aliphatic rings. The highest BCUT2D eigenvalue weighted by Crippen LogP contribution is 2.41. The van der Waals surface area contributed by atoms with Crippen molar-refractivity contribution in [3.8, 4) is 0 Å². The van der Waals surface area contributed by atoms with Crippen molar-refractivity contribution in [2.45, 2.75) is 44.6 Å². The first-order chi connectivity index (χ1) is 8.57. The molecule has 2 nitrogen and oxygen atoms in total. The molecule has 1 saturated carbocycles. The normalized spacial score (nSPS) is 27.8. The van der Waals surface area contributed by atoms with Gasteiger partial charge in [0, 0.05) is 11.1 Å². The lowest BCUT2D eigenvalue weighted by Crippen LogP contribution is -2.18. The van der Waals surface area contributed by atoms with Crippen LogP contribution in [0.15, 0.2) is 30.3 Å². The van der Waals surface area contributed by atoms with Crippen LogP contribution >= 0.6 is 0 Å². The third-order valence-corrected chi connectivity index (χ3v) is 4.24. The van der Waals surface area contributed by atoms with Crippen molar-refractivity contribution in [2.75, 3.05) is 0 Å². The van der Waals surface area contributed by atoms with Gasteiger partial charge in [-0.1, -0.05) is 19.1 Å². The molecule has 0 spiro atoms. The molecule has 0 amide bonds. The highest BCUT2D eigenvalue weighted by atomic mass is 16.3. The lowest BCUT2D eigenvalue weighted by molar-refractivity contribution is 0.175. The molecule has 94 valence electrons. The Morgan fingerprint density at radius 3 is 2.83 bits per heavy atom. The van der Waals surface area contributed by atoms with E-state index in [-0.39, 0.29) is 11.5 Å². The molecule has 1 aromatic carbocycles. The van der Waals surface area contributed by atoms with E-state index in [4.69, 9.17) is 0 Å². The fourth-order valence-electron chi connectivity index (χ4n) is 3.07. The summed E-state index contributed by atoms with van der Waals surface area (Å²) in [6.07, 6.45) is 2.72. The van der Waals surface area contributed by atoms with Gasteiger partial charge in [-0.25, -0.2) is 0 Å². The van der Waals surface area contributed by atoms with Gasteiger partial charge >= 0.3 is 0 Å². The fraction of sp³-hybridized carbons (Fsp3) is 0.438. The largest absolute Gasteiger partial charge is 0.393 e. The summed E-state index contributed by atoms with van der Waals surface area (Å²) in [6, 6.07) is 10.7. The molecule has 0 radical (unpaired) electrons. The first-order valence-electron chi connectivity index (χ1n) is 6.63. The van der Waals surface area contributed by atoms with Gasteiger partial charge in [-0.05, 0) is 55.4 Å². The van der Waals surface area contributed by atoms with E-state index in [1.54, 1.807) is 0 Å². The minimum Gasteiger partial charge on any atom is -0.393 e. The number of aliphatic hydroxyl groups excluding tert-OH is 1. The van der Waals surface area contributed by atoms with Gasteiger partial charge in [0.15, 0.2) is 0 Å². The van der Waals surface area contributed by atoms with Crippen molar-refractivity contribution in [1.82, 2.24) is 4.98 Å². The summed E-state index contributed by atoms with van der Waals surface area (Å²) < 4.78 is 0. The lowest BCUT2D eigenvalue weighted by Gasteiger charge is -2.24. The van der Waals surface area contributed by atoms with Crippen molar-refractivity contribution in [3.05, 3.63) is 41.6 Å². The number of nitrogens with zero attached hydrogens (tertiary/aromatic N) is 1. The van der Waals surface area contributed by atoms with Gasteiger partial charge in [0.05, 0.1) is 11.6 Å². The lowest BCUT2D eigenvalue weighted by atomic mass is 9.80. The average Bonchev–Trinajstić information content (AvgIpc) is 2.70. The molecule has 1 aromatic heterocycles. The Kier molecular flexibility index (Phi) is 2.63. The number of pyridine rings is 1. The van der Waals surface area contributed by atoms with E-state index in [2.05, 4.69) is 42.2 Å². The summed E-state index contributed by atoms with van der Waals surface area (Å²) in [5.74, 6) is 0. The summed E-state index contributed by atoms with van der Waals surface area (Å²) in [6.45, 7) is 4.27. The molecule has 2 unspecified atom stereocenters. The van der Waals surface area contributed by atoms with E-state index < -0.39 is 0 Å². The second-order valence-corrected chi connectivity index (χ2v) is 5.82. The van der Waals surface area contributed by atoms with Gasteiger partial charge in [-0.15, -0.1) is 0 Å². The van der Waals surface area contributed by atoms with E-state index in [0.29, 0.717) is 0 Å². The molecule has 2 atom stereocenters. The van der Waals surface area contributed by atoms with Crippen molar-refractivity contribution < 1.29 is 5.11 Å². The topological polar surface area (TPSA) is 33.1 Å². The zero-order valence-electron chi connectivity index (χ0n) is 11.0. The van der Waals surface area contributed by atoms with E-state index >= 15 is 0 Å². The van der Waals surface area contributed by atoms with Crippen LogP contribution in [0.5, 0.6) is 0 Å². The van der Waals surface area contributed by atoms with E-state index in [9.17, 15) is 5.11 Å². The standard InChI is InChI=1S/C16H19NO/c1-11-3-4-12-9-13(5-6-15(12)17-11)16(2)8-7-14(18)10-16/h3-6,9,14,18H,7-8,10H2,1-2H3. The van der Waals surface area contributed by atoms with Gasteiger partial charge in [-0.3, -0.25) is 4.98 Å². The summed E-state index contributed by atoms with van der Waals surface area (Å²) in [7, 11) is 0. The smallest absolute Gasteiger partial charge is 0.0705 e.